The molecule has 0 spiro atoms. The number of ether oxygens (including phenoxy) is 2. The monoisotopic (exact) mass is 378 g/mol. The molecule has 0 radical (unpaired) electrons. The molecule has 0 unspecified atom stereocenters. The molecule has 2 aromatic rings. The van der Waals surface area contributed by atoms with Gasteiger partial charge in [-0.1, -0.05) is 82.8 Å². The van der Waals surface area contributed by atoms with Gasteiger partial charge in [-0.3, -0.25) is 0 Å². The third kappa shape index (κ3) is 4.43. The molecule has 0 saturated heterocycles. The van der Waals surface area contributed by atoms with Crippen molar-refractivity contribution in [2.24, 2.45) is 0 Å². The smallest absolute Gasteiger partial charge is 0.394 e. The van der Waals surface area contributed by atoms with Crippen molar-refractivity contribution in [3.8, 4) is 11.5 Å². The van der Waals surface area contributed by atoms with Gasteiger partial charge in [-0.2, -0.15) is 0 Å². The fourth-order valence-electron chi connectivity index (χ4n) is 1.71. The quantitative estimate of drug-likeness (QED) is 0.359. The number of carbonyl (C=O) groups excluding carboxylic acids is 1. The van der Waals surface area contributed by atoms with Crippen molar-refractivity contribution in [3.63, 3.8) is 0 Å². The minimum atomic E-state index is -0.942. The van der Waals surface area contributed by atoms with Crippen LogP contribution in [0.4, 0.5) is 4.79 Å². The SMILES string of the molecule is O=C(Oc1ccccc1C(Cl)Cl)Oc1ccccc1C(Cl)Cl. The Morgan fingerprint density at radius 1 is 0.727 bits per heavy atom. The van der Waals surface area contributed by atoms with Gasteiger partial charge in [-0.25, -0.2) is 4.79 Å². The Hall–Kier alpha value is -1.13. The predicted octanol–water partition coefficient (Wildman–Crippen LogP) is 6.22. The molecule has 0 saturated carbocycles. The molecule has 0 heterocycles. The first-order valence-corrected chi connectivity index (χ1v) is 7.87. The highest BCUT2D eigenvalue weighted by molar-refractivity contribution is 6.44. The zero-order valence-electron chi connectivity index (χ0n) is 11.0. The van der Waals surface area contributed by atoms with E-state index in [0.29, 0.717) is 11.1 Å². The fourth-order valence-corrected chi connectivity index (χ4v) is 2.43. The number of carbonyl (C=O) groups is 1. The molecule has 2 rings (SSSR count). The fraction of sp³-hybridized carbons (Fsp3) is 0.133. The zero-order chi connectivity index (χ0) is 16.1. The highest BCUT2D eigenvalue weighted by Crippen LogP contribution is 2.34. The van der Waals surface area contributed by atoms with E-state index in [0.717, 1.165) is 0 Å². The normalized spacial score (nSPS) is 10.8. The lowest BCUT2D eigenvalue weighted by Gasteiger charge is -2.12. The van der Waals surface area contributed by atoms with Crippen LogP contribution in [0.25, 0.3) is 0 Å². The van der Waals surface area contributed by atoms with E-state index in [1.54, 1.807) is 48.5 Å². The summed E-state index contributed by atoms with van der Waals surface area (Å²) in [6.45, 7) is 0. The molecule has 3 nitrogen and oxygen atoms in total. The van der Waals surface area contributed by atoms with E-state index in [9.17, 15) is 4.79 Å². The highest BCUT2D eigenvalue weighted by atomic mass is 35.5. The summed E-state index contributed by atoms with van der Waals surface area (Å²) in [5.41, 5.74) is 0.923. The van der Waals surface area contributed by atoms with E-state index >= 15 is 0 Å². The highest BCUT2D eigenvalue weighted by Gasteiger charge is 2.17. The second-order valence-corrected chi connectivity index (χ2v) is 6.32. The molecular formula is C15H10Cl4O3. The van der Waals surface area contributed by atoms with Gasteiger partial charge in [0.1, 0.15) is 21.2 Å². The first-order chi connectivity index (χ1) is 10.5. The Balaban J connectivity index is 2.15. The molecule has 2 aromatic carbocycles. The van der Waals surface area contributed by atoms with Crippen LogP contribution in [0.3, 0.4) is 0 Å². The first-order valence-electron chi connectivity index (χ1n) is 6.13. The lowest BCUT2D eigenvalue weighted by molar-refractivity contribution is 0.151. The molecule has 22 heavy (non-hydrogen) atoms. The Kier molecular flexibility index (Phi) is 6.21. The molecule has 0 fully saturated rings. The van der Waals surface area contributed by atoms with Gasteiger partial charge in [0.15, 0.2) is 0 Å². The average molecular weight is 380 g/mol. The largest absolute Gasteiger partial charge is 0.519 e. The maximum atomic E-state index is 11.9. The topological polar surface area (TPSA) is 35.5 Å². The van der Waals surface area contributed by atoms with Crippen molar-refractivity contribution in [2.45, 2.75) is 9.67 Å². The predicted molar refractivity (Wildman–Crippen MR) is 88.4 cm³/mol. The van der Waals surface area contributed by atoms with E-state index in [1.807, 2.05) is 0 Å². The van der Waals surface area contributed by atoms with Crippen molar-refractivity contribution < 1.29 is 14.3 Å². The van der Waals surface area contributed by atoms with Crippen molar-refractivity contribution in [1.29, 1.82) is 0 Å². The molecule has 0 aliphatic heterocycles. The Bertz CT molecular complexity index is 603. The van der Waals surface area contributed by atoms with Gasteiger partial charge in [-0.05, 0) is 12.1 Å². The van der Waals surface area contributed by atoms with Gasteiger partial charge >= 0.3 is 6.16 Å². The molecule has 0 aliphatic rings. The van der Waals surface area contributed by atoms with Crippen molar-refractivity contribution in [1.82, 2.24) is 0 Å². The molecular weight excluding hydrogens is 370 g/mol. The van der Waals surface area contributed by atoms with E-state index in [1.165, 1.54) is 0 Å². The zero-order valence-corrected chi connectivity index (χ0v) is 14.0. The molecule has 0 N–H and O–H groups in total. The number of hydrogen-bond acceptors (Lipinski definition) is 3. The van der Waals surface area contributed by atoms with E-state index in [2.05, 4.69) is 0 Å². The van der Waals surface area contributed by atoms with Crippen LogP contribution < -0.4 is 9.47 Å². The van der Waals surface area contributed by atoms with Crippen molar-refractivity contribution in [3.05, 3.63) is 59.7 Å². The maximum absolute atomic E-state index is 11.9. The van der Waals surface area contributed by atoms with Crippen LogP contribution in [0.5, 0.6) is 11.5 Å². The van der Waals surface area contributed by atoms with Crippen LogP contribution in [-0.4, -0.2) is 6.16 Å². The van der Waals surface area contributed by atoms with Gasteiger partial charge in [-0.15, -0.1) is 0 Å². The van der Waals surface area contributed by atoms with Crippen LogP contribution in [0.15, 0.2) is 48.5 Å². The number of para-hydroxylation sites is 2. The summed E-state index contributed by atoms with van der Waals surface area (Å²) in [6.07, 6.45) is -0.942. The van der Waals surface area contributed by atoms with Crippen LogP contribution in [0.2, 0.25) is 0 Å². The standard InChI is InChI=1S/C15H10Cl4O3/c16-13(17)9-5-1-3-7-11(9)21-15(20)22-12-8-4-2-6-10(12)14(18)19/h1-8,13-14H. The lowest BCUT2D eigenvalue weighted by Crippen LogP contribution is -2.15. The minimum Gasteiger partial charge on any atom is -0.394 e. The van der Waals surface area contributed by atoms with Gasteiger partial charge in [0, 0.05) is 11.1 Å². The summed E-state index contributed by atoms with van der Waals surface area (Å²) < 4.78 is 10.3. The molecule has 7 heteroatoms. The third-order valence-electron chi connectivity index (χ3n) is 2.69. The Morgan fingerprint density at radius 3 is 1.45 bits per heavy atom. The van der Waals surface area contributed by atoms with Crippen LogP contribution in [0, 0.1) is 0 Å². The molecule has 0 bridgehead atoms. The molecule has 0 atom stereocenters. The number of rotatable bonds is 4. The van der Waals surface area contributed by atoms with Gasteiger partial charge in [0.25, 0.3) is 0 Å². The molecule has 0 aromatic heterocycles. The summed E-state index contributed by atoms with van der Waals surface area (Å²) in [7, 11) is 0. The summed E-state index contributed by atoms with van der Waals surface area (Å²) >= 11 is 23.3. The molecule has 0 amide bonds. The van der Waals surface area contributed by atoms with E-state index < -0.39 is 15.8 Å². The van der Waals surface area contributed by atoms with E-state index in [4.69, 9.17) is 55.9 Å². The van der Waals surface area contributed by atoms with Crippen molar-refractivity contribution in [2.75, 3.05) is 0 Å². The van der Waals surface area contributed by atoms with Gasteiger partial charge in [0.2, 0.25) is 0 Å². The number of benzene rings is 2. The molecule has 116 valence electrons. The molecule has 0 aliphatic carbocycles. The van der Waals surface area contributed by atoms with Crippen LogP contribution in [0.1, 0.15) is 20.8 Å². The minimum absolute atomic E-state index is 0.216. The summed E-state index contributed by atoms with van der Waals surface area (Å²) in [5, 5.41) is 0. The van der Waals surface area contributed by atoms with Gasteiger partial charge in [0.05, 0.1) is 0 Å². The Labute approximate surface area is 147 Å². The second-order valence-electron chi connectivity index (χ2n) is 4.13. The summed E-state index contributed by atoms with van der Waals surface area (Å²) in [5.74, 6) is 0.432. The lowest BCUT2D eigenvalue weighted by atomic mass is 10.2. The average Bonchev–Trinajstić information content (AvgIpc) is 2.47. The third-order valence-corrected chi connectivity index (χ3v) is 3.64. The van der Waals surface area contributed by atoms with Crippen molar-refractivity contribution >= 4 is 52.6 Å². The number of halogens is 4. The second kappa shape index (κ2) is 7.93. The first kappa shape index (κ1) is 17.2. The Morgan fingerprint density at radius 2 is 1.09 bits per heavy atom. The number of alkyl halides is 4. The van der Waals surface area contributed by atoms with Crippen LogP contribution in [-0.2, 0) is 0 Å². The summed E-state index contributed by atoms with van der Waals surface area (Å²) in [4.78, 5) is 10.3. The number of hydrogen-bond donors (Lipinski definition) is 0. The van der Waals surface area contributed by atoms with Gasteiger partial charge < -0.3 is 9.47 Å². The van der Waals surface area contributed by atoms with E-state index in [-0.39, 0.29) is 11.5 Å². The van der Waals surface area contributed by atoms with Crippen LogP contribution >= 0.6 is 46.4 Å². The summed E-state index contributed by atoms with van der Waals surface area (Å²) in [6, 6.07) is 13.2. The maximum Gasteiger partial charge on any atom is 0.519 e.